The van der Waals surface area contributed by atoms with E-state index in [9.17, 15) is 9.59 Å². The summed E-state index contributed by atoms with van der Waals surface area (Å²) in [6, 6.07) is 13.1. The molecule has 2 heterocycles. The Balaban J connectivity index is 1.29. The van der Waals surface area contributed by atoms with Crippen LogP contribution in [0.5, 0.6) is 11.5 Å². The molecule has 0 aliphatic carbocycles. The van der Waals surface area contributed by atoms with Crippen LogP contribution >= 0.6 is 15.9 Å². The van der Waals surface area contributed by atoms with Gasteiger partial charge in [-0.25, -0.2) is 0 Å². The number of hydrogen-bond donors (Lipinski definition) is 1. The Labute approximate surface area is 177 Å². The van der Waals surface area contributed by atoms with Gasteiger partial charge in [-0.3, -0.25) is 9.59 Å². The molecule has 0 saturated carbocycles. The molecular formula is C22H21BrN2O4. The fourth-order valence-corrected chi connectivity index (χ4v) is 3.87. The summed E-state index contributed by atoms with van der Waals surface area (Å²) in [6.45, 7) is 1.34. The van der Waals surface area contributed by atoms with Crippen LogP contribution in [0.25, 0.3) is 6.08 Å². The summed E-state index contributed by atoms with van der Waals surface area (Å²) in [7, 11) is 0. The highest BCUT2D eigenvalue weighted by Gasteiger charge is 2.27. The zero-order valence-electron chi connectivity index (χ0n) is 15.8. The molecule has 2 aromatic rings. The molecule has 7 heteroatoms. The Bertz CT molecular complexity index is 952. The second kappa shape index (κ2) is 8.69. The lowest BCUT2D eigenvalue weighted by Crippen LogP contribution is -2.40. The lowest BCUT2D eigenvalue weighted by atomic mass is 9.95. The highest BCUT2D eigenvalue weighted by Crippen LogP contribution is 2.34. The van der Waals surface area contributed by atoms with Crippen molar-refractivity contribution in [2.24, 2.45) is 5.92 Å². The number of benzene rings is 2. The van der Waals surface area contributed by atoms with Gasteiger partial charge in [0.2, 0.25) is 18.6 Å². The standard InChI is InChI=1S/C22H21BrN2O4/c23-18-4-2-1-3-15(18)5-8-21(26)25-11-9-16(10-12-25)22(27)24-17-6-7-19-20(13-17)29-14-28-19/h1-8,13,16H,9-12,14H2,(H,24,27)/b8-5+. The molecule has 1 N–H and O–H groups in total. The largest absolute Gasteiger partial charge is 0.454 e. The molecule has 0 atom stereocenters. The number of fused-ring (bicyclic) bond motifs is 1. The number of amides is 2. The van der Waals surface area contributed by atoms with Crippen molar-refractivity contribution >= 4 is 39.5 Å². The highest BCUT2D eigenvalue weighted by molar-refractivity contribution is 9.10. The first-order valence-electron chi connectivity index (χ1n) is 9.52. The molecule has 1 saturated heterocycles. The van der Waals surface area contributed by atoms with E-state index in [0.717, 1.165) is 10.0 Å². The van der Waals surface area contributed by atoms with Gasteiger partial charge < -0.3 is 19.7 Å². The minimum Gasteiger partial charge on any atom is -0.454 e. The van der Waals surface area contributed by atoms with Crippen molar-refractivity contribution in [2.45, 2.75) is 12.8 Å². The van der Waals surface area contributed by atoms with E-state index in [4.69, 9.17) is 9.47 Å². The lowest BCUT2D eigenvalue weighted by molar-refractivity contribution is -0.130. The summed E-state index contributed by atoms with van der Waals surface area (Å²) >= 11 is 3.47. The third-order valence-corrected chi connectivity index (χ3v) is 5.85. The first-order chi connectivity index (χ1) is 14.1. The predicted molar refractivity (Wildman–Crippen MR) is 114 cm³/mol. The Morgan fingerprint density at radius 1 is 1.07 bits per heavy atom. The van der Waals surface area contributed by atoms with Crippen molar-refractivity contribution in [1.82, 2.24) is 4.90 Å². The van der Waals surface area contributed by atoms with E-state index in [1.54, 1.807) is 29.2 Å². The molecule has 2 aromatic carbocycles. The van der Waals surface area contributed by atoms with E-state index in [0.29, 0.717) is 43.1 Å². The molecule has 150 valence electrons. The quantitative estimate of drug-likeness (QED) is 0.704. The Morgan fingerprint density at radius 2 is 1.83 bits per heavy atom. The minimum absolute atomic E-state index is 0.0280. The predicted octanol–water partition coefficient (Wildman–Crippen LogP) is 4.07. The maximum atomic E-state index is 12.6. The number of rotatable bonds is 4. The van der Waals surface area contributed by atoms with Crippen LogP contribution in [0.15, 0.2) is 53.0 Å². The smallest absolute Gasteiger partial charge is 0.246 e. The van der Waals surface area contributed by atoms with Crippen LogP contribution in [0.2, 0.25) is 0 Å². The molecule has 4 rings (SSSR count). The molecule has 6 nitrogen and oxygen atoms in total. The number of carbonyl (C=O) groups excluding carboxylic acids is 2. The van der Waals surface area contributed by atoms with Crippen LogP contribution < -0.4 is 14.8 Å². The maximum Gasteiger partial charge on any atom is 0.246 e. The van der Waals surface area contributed by atoms with Gasteiger partial charge in [0, 0.05) is 41.3 Å². The van der Waals surface area contributed by atoms with Crippen LogP contribution in [0.1, 0.15) is 18.4 Å². The zero-order valence-corrected chi connectivity index (χ0v) is 17.4. The molecular weight excluding hydrogens is 436 g/mol. The van der Waals surface area contributed by atoms with E-state index in [-0.39, 0.29) is 24.5 Å². The van der Waals surface area contributed by atoms with E-state index in [1.807, 2.05) is 30.3 Å². The second-order valence-corrected chi connectivity index (χ2v) is 7.87. The van der Waals surface area contributed by atoms with Crippen LogP contribution in [-0.4, -0.2) is 36.6 Å². The molecule has 1 fully saturated rings. The fraction of sp³-hybridized carbons (Fsp3) is 0.273. The number of likely N-dealkylation sites (tertiary alicyclic amines) is 1. The maximum absolute atomic E-state index is 12.6. The summed E-state index contributed by atoms with van der Waals surface area (Å²) in [6.07, 6.45) is 4.69. The normalized spacial score (nSPS) is 16.2. The van der Waals surface area contributed by atoms with Gasteiger partial charge in [0.15, 0.2) is 11.5 Å². The van der Waals surface area contributed by atoms with Gasteiger partial charge in [-0.1, -0.05) is 34.1 Å². The van der Waals surface area contributed by atoms with Gasteiger partial charge >= 0.3 is 0 Å². The van der Waals surface area contributed by atoms with Gasteiger partial charge in [0.05, 0.1) is 0 Å². The Kier molecular flexibility index (Phi) is 5.85. The average molecular weight is 457 g/mol. The summed E-state index contributed by atoms with van der Waals surface area (Å²) < 4.78 is 11.6. The monoisotopic (exact) mass is 456 g/mol. The van der Waals surface area contributed by atoms with Gasteiger partial charge in [0.25, 0.3) is 0 Å². The van der Waals surface area contributed by atoms with Crippen molar-refractivity contribution in [3.63, 3.8) is 0 Å². The molecule has 2 aliphatic heterocycles. The van der Waals surface area contributed by atoms with Gasteiger partial charge in [-0.2, -0.15) is 0 Å². The van der Waals surface area contributed by atoms with Crippen molar-refractivity contribution in [3.05, 3.63) is 58.6 Å². The van der Waals surface area contributed by atoms with Crippen molar-refractivity contribution in [2.75, 3.05) is 25.2 Å². The van der Waals surface area contributed by atoms with E-state index in [1.165, 1.54) is 0 Å². The van der Waals surface area contributed by atoms with E-state index < -0.39 is 0 Å². The molecule has 2 aliphatic rings. The van der Waals surface area contributed by atoms with Gasteiger partial charge in [0.1, 0.15) is 0 Å². The molecule has 0 spiro atoms. The number of nitrogens with one attached hydrogen (secondary N) is 1. The topological polar surface area (TPSA) is 67.9 Å². The van der Waals surface area contributed by atoms with Gasteiger partial charge in [-0.15, -0.1) is 0 Å². The minimum atomic E-state index is -0.114. The first-order valence-corrected chi connectivity index (χ1v) is 10.3. The first kappa shape index (κ1) is 19.5. The van der Waals surface area contributed by atoms with Crippen molar-refractivity contribution in [1.29, 1.82) is 0 Å². The Hall–Kier alpha value is -2.80. The highest BCUT2D eigenvalue weighted by atomic mass is 79.9. The number of carbonyl (C=O) groups is 2. The van der Waals surface area contributed by atoms with Gasteiger partial charge in [-0.05, 0) is 42.7 Å². The van der Waals surface area contributed by atoms with Crippen LogP contribution in [0, 0.1) is 5.92 Å². The zero-order chi connectivity index (χ0) is 20.2. The molecule has 0 unspecified atom stereocenters. The van der Waals surface area contributed by atoms with Crippen molar-refractivity contribution < 1.29 is 19.1 Å². The summed E-state index contributed by atoms with van der Waals surface area (Å²) in [5, 5.41) is 2.94. The number of anilines is 1. The third-order valence-electron chi connectivity index (χ3n) is 5.13. The second-order valence-electron chi connectivity index (χ2n) is 7.01. The van der Waals surface area contributed by atoms with E-state index >= 15 is 0 Å². The van der Waals surface area contributed by atoms with E-state index in [2.05, 4.69) is 21.2 Å². The molecule has 0 aromatic heterocycles. The van der Waals surface area contributed by atoms with Crippen LogP contribution in [0.4, 0.5) is 5.69 Å². The van der Waals surface area contributed by atoms with Crippen LogP contribution in [-0.2, 0) is 9.59 Å². The number of hydrogen-bond acceptors (Lipinski definition) is 4. The molecule has 0 radical (unpaired) electrons. The summed E-state index contributed by atoms with van der Waals surface area (Å²) in [5.41, 5.74) is 1.65. The molecule has 29 heavy (non-hydrogen) atoms. The molecule has 0 bridgehead atoms. The lowest BCUT2D eigenvalue weighted by Gasteiger charge is -2.30. The summed E-state index contributed by atoms with van der Waals surface area (Å²) in [5.74, 6) is 1.15. The Morgan fingerprint density at radius 3 is 2.62 bits per heavy atom. The average Bonchev–Trinajstić information content (AvgIpc) is 3.21. The SMILES string of the molecule is O=C(Nc1ccc2c(c1)OCO2)C1CCN(C(=O)/C=C/c2ccccc2Br)CC1. The van der Waals surface area contributed by atoms with Crippen LogP contribution in [0.3, 0.4) is 0 Å². The third kappa shape index (κ3) is 4.62. The van der Waals surface area contributed by atoms with Crippen molar-refractivity contribution in [3.8, 4) is 11.5 Å². The fourth-order valence-electron chi connectivity index (χ4n) is 3.46. The molecule has 2 amide bonds. The number of nitrogens with zero attached hydrogens (tertiary/aromatic N) is 1. The number of piperidine rings is 1. The number of ether oxygens (including phenoxy) is 2. The number of halogens is 1. The summed E-state index contributed by atoms with van der Waals surface area (Å²) in [4.78, 5) is 26.8.